The molecule has 0 radical (unpaired) electrons. The topological polar surface area (TPSA) is 84.9 Å². The first-order valence-corrected chi connectivity index (χ1v) is 8.91. The Morgan fingerprint density at radius 3 is 2.31 bits per heavy atom. The van der Waals surface area contributed by atoms with Gasteiger partial charge in [0.1, 0.15) is 0 Å². The van der Waals surface area contributed by atoms with Crippen LogP contribution in [0.2, 0.25) is 0 Å². The van der Waals surface area contributed by atoms with Crippen LogP contribution in [0.1, 0.15) is 31.1 Å². The lowest BCUT2D eigenvalue weighted by Crippen LogP contribution is -2.29. The zero-order chi connectivity index (χ0) is 20.0. The SMILES string of the molecule is O=C(Nc1ccc2c(c1)OCO2)c1cccc(N2C(=O)c3ccccc3C2=O)c1. The molecule has 0 saturated heterocycles. The van der Waals surface area contributed by atoms with Crippen molar-refractivity contribution in [3.63, 3.8) is 0 Å². The summed E-state index contributed by atoms with van der Waals surface area (Å²) < 4.78 is 10.6. The largest absolute Gasteiger partial charge is 0.454 e. The summed E-state index contributed by atoms with van der Waals surface area (Å²) in [6, 6.07) is 18.1. The summed E-state index contributed by atoms with van der Waals surface area (Å²) in [4.78, 5) is 39.1. The predicted octanol–water partition coefficient (Wildman–Crippen LogP) is 3.47. The molecule has 3 aromatic rings. The molecule has 0 fully saturated rings. The maximum absolute atomic E-state index is 12.7. The molecule has 5 rings (SSSR count). The highest BCUT2D eigenvalue weighted by atomic mass is 16.7. The zero-order valence-electron chi connectivity index (χ0n) is 15.0. The molecule has 2 aliphatic heterocycles. The van der Waals surface area contributed by atoms with E-state index in [2.05, 4.69) is 5.32 Å². The molecular weight excluding hydrogens is 372 g/mol. The van der Waals surface area contributed by atoms with Gasteiger partial charge in [-0.15, -0.1) is 0 Å². The molecule has 2 heterocycles. The Kier molecular flexibility index (Phi) is 3.80. The number of anilines is 2. The van der Waals surface area contributed by atoms with Crippen molar-refractivity contribution in [1.29, 1.82) is 0 Å². The number of imide groups is 1. The van der Waals surface area contributed by atoms with Crippen molar-refractivity contribution in [2.24, 2.45) is 0 Å². The Morgan fingerprint density at radius 2 is 1.55 bits per heavy atom. The summed E-state index contributed by atoms with van der Waals surface area (Å²) in [6.07, 6.45) is 0. The molecule has 0 unspecified atom stereocenters. The number of hydrogen-bond acceptors (Lipinski definition) is 5. The van der Waals surface area contributed by atoms with Gasteiger partial charge in [-0.05, 0) is 42.5 Å². The summed E-state index contributed by atoms with van der Waals surface area (Å²) in [7, 11) is 0. The van der Waals surface area contributed by atoms with Crippen molar-refractivity contribution in [2.45, 2.75) is 0 Å². The second kappa shape index (κ2) is 6.49. The van der Waals surface area contributed by atoms with Crippen molar-refractivity contribution < 1.29 is 23.9 Å². The lowest BCUT2D eigenvalue weighted by molar-refractivity contribution is 0.0924. The highest BCUT2D eigenvalue weighted by molar-refractivity contribution is 6.34. The summed E-state index contributed by atoms with van der Waals surface area (Å²) in [5, 5.41) is 2.78. The standard InChI is InChI=1S/C22H14N2O5/c25-20(23-14-8-9-18-19(11-14)29-12-28-18)13-4-3-5-15(10-13)24-21(26)16-6-1-2-7-17(16)22(24)27/h1-11H,12H2,(H,23,25). The van der Waals surface area contributed by atoms with Crippen LogP contribution in [0.25, 0.3) is 0 Å². The van der Waals surface area contributed by atoms with Gasteiger partial charge in [0.05, 0.1) is 16.8 Å². The number of fused-ring (bicyclic) bond motifs is 2. The fourth-order valence-corrected chi connectivity index (χ4v) is 3.39. The molecule has 142 valence electrons. The summed E-state index contributed by atoms with van der Waals surface area (Å²) >= 11 is 0. The molecule has 7 heteroatoms. The number of nitrogens with zero attached hydrogens (tertiary/aromatic N) is 1. The van der Waals surface area contributed by atoms with E-state index in [1.807, 2.05) is 0 Å². The second-order valence-electron chi connectivity index (χ2n) is 6.56. The maximum Gasteiger partial charge on any atom is 0.266 e. The monoisotopic (exact) mass is 386 g/mol. The smallest absolute Gasteiger partial charge is 0.266 e. The molecule has 0 aliphatic carbocycles. The third-order valence-electron chi connectivity index (χ3n) is 4.79. The molecule has 0 aromatic heterocycles. The molecule has 3 aromatic carbocycles. The number of amides is 3. The van der Waals surface area contributed by atoms with Gasteiger partial charge in [-0.3, -0.25) is 14.4 Å². The highest BCUT2D eigenvalue weighted by Gasteiger charge is 2.36. The van der Waals surface area contributed by atoms with Crippen LogP contribution in [0.3, 0.4) is 0 Å². The molecular formula is C22H14N2O5. The van der Waals surface area contributed by atoms with Gasteiger partial charge in [0.25, 0.3) is 17.7 Å². The highest BCUT2D eigenvalue weighted by Crippen LogP contribution is 2.34. The molecule has 0 bridgehead atoms. The first-order valence-electron chi connectivity index (χ1n) is 8.91. The number of ether oxygens (including phenoxy) is 2. The Labute approximate surface area is 165 Å². The summed E-state index contributed by atoms with van der Waals surface area (Å²) in [5.41, 5.74) is 1.91. The van der Waals surface area contributed by atoms with E-state index in [1.54, 1.807) is 60.7 Å². The maximum atomic E-state index is 12.7. The van der Waals surface area contributed by atoms with Gasteiger partial charge < -0.3 is 14.8 Å². The third kappa shape index (κ3) is 2.80. The van der Waals surface area contributed by atoms with Crippen LogP contribution >= 0.6 is 0 Å². The Hall–Kier alpha value is -4.13. The number of carbonyl (C=O) groups is 3. The van der Waals surface area contributed by atoms with Crippen LogP contribution in [0, 0.1) is 0 Å². The number of hydrogen-bond donors (Lipinski definition) is 1. The molecule has 0 atom stereocenters. The number of benzene rings is 3. The average molecular weight is 386 g/mol. The average Bonchev–Trinajstić information content (AvgIpc) is 3.31. The minimum atomic E-state index is -0.404. The van der Waals surface area contributed by atoms with Crippen LogP contribution in [0.15, 0.2) is 66.7 Å². The number of rotatable bonds is 3. The van der Waals surface area contributed by atoms with E-state index in [1.165, 1.54) is 6.07 Å². The third-order valence-corrected chi connectivity index (χ3v) is 4.79. The molecule has 3 amide bonds. The fourth-order valence-electron chi connectivity index (χ4n) is 3.39. The fraction of sp³-hybridized carbons (Fsp3) is 0.0455. The number of nitrogens with one attached hydrogen (secondary N) is 1. The van der Waals surface area contributed by atoms with Gasteiger partial charge in [0, 0.05) is 17.3 Å². The van der Waals surface area contributed by atoms with Crippen LogP contribution < -0.4 is 19.7 Å². The van der Waals surface area contributed by atoms with Gasteiger partial charge in [-0.1, -0.05) is 18.2 Å². The Morgan fingerprint density at radius 1 is 0.828 bits per heavy atom. The van der Waals surface area contributed by atoms with Crippen LogP contribution in [-0.4, -0.2) is 24.5 Å². The minimum absolute atomic E-state index is 0.148. The van der Waals surface area contributed by atoms with E-state index in [9.17, 15) is 14.4 Å². The molecule has 29 heavy (non-hydrogen) atoms. The van der Waals surface area contributed by atoms with Crippen molar-refractivity contribution in [3.8, 4) is 11.5 Å². The molecule has 2 aliphatic rings. The van der Waals surface area contributed by atoms with Crippen molar-refractivity contribution in [2.75, 3.05) is 17.0 Å². The van der Waals surface area contributed by atoms with E-state index < -0.39 is 11.8 Å². The normalized spacial score (nSPS) is 14.1. The van der Waals surface area contributed by atoms with E-state index in [4.69, 9.17) is 9.47 Å². The van der Waals surface area contributed by atoms with E-state index >= 15 is 0 Å². The second-order valence-corrected chi connectivity index (χ2v) is 6.56. The first kappa shape index (κ1) is 17.0. The molecule has 0 spiro atoms. The van der Waals surface area contributed by atoms with E-state index in [-0.39, 0.29) is 12.7 Å². The van der Waals surface area contributed by atoms with Gasteiger partial charge in [0.2, 0.25) is 6.79 Å². The Balaban J connectivity index is 1.41. The molecule has 0 saturated carbocycles. The van der Waals surface area contributed by atoms with Gasteiger partial charge in [-0.25, -0.2) is 4.90 Å². The van der Waals surface area contributed by atoms with Crippen LogP contribution in [-0.2, 0) is 0 Å². The minimum Gasteiger partial charge on any atom is -0.454 e. The van der Waals surface area contributed by atoms with Gasteiger partial charge in [-0.2, -0.15) is 0 Å². The quantitative estimate of drug-likeness (QED) is 0.697. The van der Waals surface area contributed by atoms with Gasteiger partial charge >= 0.3 is 0 Å². The number of carbonyl (C=O) groups excluding carboxylic acids is 3. The Bertz CT molecular complexity index is 1150. The summed E-state index contributed by atoms with van der Waals surface area (Å²) in [6.45, 7) is 0.148. The summed E-state index contributed by atoms with van der Waals surface area (Å²) in [5.74, 6) is -0.00150. The first-order chi connectivity index (χ1) is 14.1. The lowest BCUT2D eigenvalue weighted by atomic mass is 10.1. The predicted molar refractivity (Wildman–Crippen MR) is 105 cm³/mol. The van der Waals surface area contributed by atoms with Crippen molar-refractivity contribution >= 4 is 29.1 Å². The van der Waals surface area contributed by atoms with E-state index in [0.29, 0.717) is 39.6 Å². The molecule has 1 N–H and O–H groups in total. The molecule has 7 nitrogen and oxygen atoms in total. The van der Waals surface area contributed by atoms with Crippen LogP contribution in [0.5, 0.6) is 11.5 Å². The van der Waals surface area contributed by atoms with E-state index in [0.717, 1.165) is 4.90 Å². The van der Waals surface area contributed by atoms with Gasteiger partial charge in [0.15, 0.2) is 11.5 Å². The lowest BCUT2D eigenvalue weighted by Gasteiger charge is -2.15. The van der Waals surface area contributed by atoms with Crippen molar-refractivity contribution in [1.82, 2.24) is 0 Å². The van der Waals surface area contributed by atoms with Crippen LogP contribution in [0.4, 0.5) is 11.4 Å². The zero-order valence-corrected chi connectivity index (χ0v) is 15.0. The van der Waals surface area contributed by atoms with Crippen molar-refractivity contribution in [3.05, 3.63) is 83.4 Å².